The van der Waals surface area contributed by atoms with Gasteiger partial charge in [0.25, 0.3) is 0 Å². The van der Waals surface area contributed by atoms with Crippen molar-refractivity contribution in [3.05, 3.63) is 42.2 Å². The van der Waals surface area contributed by atoms with Crippen LogP contribution in [-0.2, 0) is 6.42 Å². The van der Waals surface area contributed by atoms with Crippen LogP contribution in [0.5, 0.6) is 0 Å². The number of benzene rings is 1. The zero-order valence-electron chi connectivity index (χ0n) is 7.67. The van der Waals surface area contributed by atoms with Crippen LogP contribution in [0, 0.1) is 0 Å². The quantitative estimate of drug-likeness (QED) is 0.777. The molecule has 0 radical (unpaired) electrons. The number of rotatable bonds is 3. The molecule has 4 nitrogen and oxygen atoms in total. The van der Waals surface area contributed by atoms with Gasteiger partial charge < -0.3 is 5.11 Å². The van der Waals surface area contributed by atoms with E-state index in [9.17, 15) is 0 Å². The van der Waals surface area contributed by atoms with Crippen LogP contribution in [0.3, 0.4) is 0 Å². The molecule has 2 rings (SSSR count). The van der Waals surface area contributed by atoms with Crippen LogP contribution in [0.25, 0.3) is 5.69 Å². The summed E-state index contributed by atoms with van der Waals surface area (Å²) in [5, 5.41) is 16.8. The number of aliphatic hydroxyl groups excluding tert-OH is 1. The van der Waals surface area contributed by atoms with E-state index < -0.39 is 0 Å². The summed E-state index contributed by atoms with van der Waals surface area (Å²) in [6.45, 7) is 0.180. The highest BCUT2D eigenvalue weighted by molar-refractivity contribution is 5.32. The van der Waals surface area contributed by atoms with Gasteiger partial charge in [0.2, 0.25) is 0 Å². The van der Waals surface area contributed by atoms with Crippen molar-refractivity contribution in [2.45, 2.75) is 6.42 Å². The third-order valence-corrected chi connectivity index (χ3v) is 1.99. The molecule has 2 aromatic rings. The van der Waals surface area contributed by atoms with E-state index in [-0.39, 0.29) is 6.61 Å². The van der Waals surface area contributed by atoms with Crippen molar-refractivity contribution in [1.82, 2.24) is 15.0 Å². The van der Waals surface area contributed by atoms with Crippen LogP contribution in [0.15, 0.2) is 36.7 Å². The molecular formula is C10H11N3O. The van der Waals surface area contributed by atoms with E-state index >= 15 is 0 Å². The lowest BCUT2D eigenvalue weighted by Crippen LogP contribution is -1.98. The molecule has 0 amide bonds. The first-order chi connectivity index (χ1) is 6.90. The van der Waals surface area contributed by atoms with Gasteiger partial charge in [-0.3, -0.25) is 0 Å². The second-order valence-corrected chi connectivity index (χ2v) is 2.96. The second kappa shape index (κ2) is 4.02. The fourth-order valence-electron chi connectivity index (χ4n) is 1.27. The Morgan fingerprint density at radius 1 is 1.07 bits per heavy atom. The first kappa shape index (κ1) is 8.90. The van der Waals surface area contributed by atoms with Gasteiger partial charge in [0.1, 0.15) is 0 Å². The molecule has 0 saturated carbocycles. The molecule has 0 aliphatic carbocycles. The molecule has 4 heteroatoms. The fraction of sp³-hybridized carbons (Fsp3) is 0.200. The minimum atomic E-state index is 0.180. The van der Waals surface area contributed by atoms with Crippen molar-refractivity contribution in [3.63, 3.8) is 0 Å². The van der Waals surface area contributed by atoms with E-state index in [1.54, 1.807) is 17.2 Å². The standard InChI is InChI=1S/C10H11N3O/c14-8-5-9-1-3-10(4-2-9)13-11-6-7-12-13/h1-4,6-7,14H,5,8H2. The van der Waals surface area contributed by atoms with Crippen molar-refractivity contribution in [2.24, 2.45) is 0 Å². The second-order valence-electron chi connectivity index (χ2n) is 2.96. The molecule has 72 valence electrons. The summed E-state index contributed by atoms with van der Waals surface area (Å²) in [5.41, 5.74) is 2.04. The average Bonchev–Trinajstić information content (AvgIpc) is 2.72. The molecule has 1 aromatic carbocycles. The summed E-state index contributed by atoms with van der Waals surface area (Å²) in [6.07, 6.45) is 3.97. The van der Waals surface area contributed by atoms with Crippen molar-refractivity contribution >= 4 is 0 Å². The first-order valence-corrected chi connectivity index (χ1v) is 4.46. The SMILES string of the molecule is OCCc1ccc(-n2nccn2)cc1. The number of aliphatic hydroxyl groups is 1. The van der Waals surface area contributed by atoms with E-state index in [2.05, 4.69) is 10.2 Å². The van der Waals surface area contributed by atoms with Crippen molar-refractivity contribution < 1.29 is 5.11 Å². The summed E-state index contributed by atoms with van der Waals surface area (Å²) in [4.78, 5) is 1.56. The maximum absolute atomic E-state index is 8.74. The lowest BCUT2D eigenvalue weighted by molar-refractivity contribution is 0.299. The highest BCUT2D eigenvalue weighted by Gasteiger charge is 1.97. The van der Waals surface area contributed by atoms with Gasteiger partial charge in [-0.25, -0.2) is 0 Å². The molecule has 1 aromatic heterocycles. The molecule has 0 saturated heterocycles. The molecule has 0 aliphatic heterocycles. The predicted molar refractivity (Wildman–Crippen MR) is 52.1 cm³/mol. The van der Waals surface area contributed by atoms with E-state index in [1.165, 1.54) is 0 Å². The first-order valence-electron chi connectivity index (χ1n) is 4.46. The Morgan fingerprint density at radius 2 is 1.71 bits per heavy atom. The zero-order chi connectivity index (χ0) is 9.80. The summed E-state index contributed by atoms with van der Waals surface area (Å²) < 4.78 is 0. The molecule has 1 N–H and O–H groups in total. The summed E-state index contributed by atoms with van der Waals surface area (Å²) in [7, 11) is 0. The Balaban J connectivity index is 2.22. The van der Waals surface area contributed by atoms with E-state index in [4.69, 9.17) is 5.11 Å². The van der Waals surface area contributed by atoms with Crippen molar-refractivity contribution in [1.29, 1.82) is 0 Å². The highest BCUT2D eigenvalue weighted by Crippen LogP contribution is 2.07. The number of aromatic nitrogens is 3. The average molecular weight is 189 g/mol. The predicted octanol–water partition coefficient (Wildman–Crippen LogP) is 0.802. The Bertz CT molecular complexity index is 380. The molecule has 0 fully saturated rings. The summed E-state index contributed by atoms with van der Waals surface area (Å²) in [6, 6.07) is 7.81. The van der Waals surface area contributed by atoms with E-state index in [0.717, 1.165) is 11.3 Å². The molecule has 0 unspecified atom stereocenters. The van der Waals surface area contributed by atoms with E-state index in [0.29, 0.717) is 6.42 Å². The monoisotopic (exact) mass is 189 g/mol. The van der Waals surface area contributed by atoms with Crippen LogP contribution in [0.1, 0.15) is 5.56 Å². The Kier molecular flexibility index (Phi) is 2.55. The Morgan fingerprint density at radius 3 is 2.29 bits per heavy atom. The minimum absolute atomic E-state index is 0.180. The van der Waals surface area contributed by atoms with E-state index in [1.807, 2.05) is 24.3 Å². The smallest absolute Gasteiger partial charge is 0.0856 e. The summed E-state index contributed by atoms with van der Waals surface area (Å²) >= 11 is 0. The van der Waals surface area contributed by atoms with Gasteiger partial charge in [-0.1, -0.05) is 12.1 Å². The maximum Gasteiger partial charge on any atom is 0.0856 e. The molecule has 0 aliphatic rings. The van der Waals surface area contributed by atoms with Gasteiger partial charge in [0.05, 0.1) is 18.1 Å². The van der Waals surface area contributed by atoms with Crippen molar-refractivity contribution in [2.75, 3.05) is 6.61 Å². The van der Waals surface area contributed by atoms with Gasteiger partial charge in [-0.2, -0.15) is 15.0 Å². The van der Waals surface area contributed by atoms with Crippen LogP contribution in [0.4, 0.5) is 0 Å². The molecule has 0 atom stereocenters. The number of nitrogens with zero attached hydrogens (tertiary/aromatic N) is 3. The van der Waals surface area contributed by atoms with Crippen LogP contribution in [-0.4, -0.2) is 26.7 Å². The van der Waals surface area contributed by atoms with Crippen LogP contribution < -0.4 is 0 Å². The Hall–Kier alpha value is -1.68. The lowest BCUT2D eigenvalue weighted by atomic mass is 10.1. The maximum atomic E-state index is 8.74. The largest absolute Gasteiger partial charge is 0.396 e. The third-order valence-electron chi connectivity index (χ3n) is 1.99. The number of hydrogen-bond donors (Lipinski definition) is 1. The van der Waals surface area contributed by atoms with Gasteiger partial charge >= 0.3 is 0 Å². The molecule has 0 spiro atoms. The molecular weight excluding hydrogens is 178 g/mol. The van der Waals surface area contributed by atoms with Crippen LogP contribution >= 0.6 is 0 Å². The van der Waals surface area contributed by atoms with Crippen molar-refractivity contribution in [3.8, 4) is 5.69 Å². The Labute approximate surface area is 81.8 Å². The normalized spacial score (nSPS) is 10.4. The minimum Gasteiger partial charge on any atom is -0.396 e. The van der Waals surface area contributed by atoms with Gasteiger partial charge in [0.15, 0.2) is 0 Å². The molecule has 0 bridgehead atoms. The third kappa shape index (κ3) is 1.80. The highest BCUT2D eigenvalue weighted by atomic mass is 16.2. The topological polar surface area (TPSA) is 50.9 Å². The molecule has 14 heavy (non-hydrogen) atoms. The molecule has 1 heterocycles. The van der Waals surface area contributed by atoms with Gasteiger partial charge in [-0.05, 0) is 24.1 Å². The van der Waals surface area contributed by atoms with Gasteiger partial charge in [-0.15, -0.1) is 0 Å². The van der Waals surface area contributed by atoms with Gasteiger partial charge in [0, 0.05) is 6.61 Å². The zero-order valence-corrected chi connectivity index (χ0v) is 7.67. The van der Waals surface area contributed by atoms with Crippen LogP contribution in [0.2, 0.25) is 0 Å². The number of hydrogen-bond acceptors (Lipinski definition) is 3. The lowest BCUT2D eigenvalue weighted by Gasteiger charge is -2.01. The fourth-order valence-corrected chi connectivity index (χ4v) is 1.27. The summed E-state index contributed by atoms with van der Waals surface area (Å²) in [5.74, 6) is 0.